The average Bonchev–Trinajstić information content (AvgIpc) is 3.09. The summed E-state index contributed by atoms with van der Waals surface area (Å²) in [7, 11) is 0. The molecule has 5 rings (SSSR count). The van der Waals surface area contributed by atoms with Crippen LogP contribution in [0.1, 0.15) is 27.9 Å². The van der Waals surface area contributed by atoms with Crippen LogP contribution in [0.15, 0.2) is 43.1 Å². The Labute approximate surface area is 177 Å². The maximum atomic E-state index is 12.6. The average molecular weight is 417 g/mol. The van der Waals surface area contributed by atoms with E-state index in [9.17, 15) is 9.90 Å². The minimum atomic E-state index is -0.117. The standard InChI is InChI=1S/C23H20N4O2S/c1-3-14-8-16(13(11-28)10-24-14)18-5-4-15-17(27-18)6-7-19-20(15)21-22(30-19)23(29)26-12(2)9-25-21/h3-8,10,12,25,28H,1,9,11H2,2H3,(H,26,29)/t12-/m1/s1. The molecule has 6 nitrogen and oxygen atoms in total. The van der Waals surface area contributed by atoms with E-state index in [0.29, 0.717) is 17.0 Å². The molecular weight excluding hydrogens is 396 g/mol. The van der Waals surface area contributed by atoms with Crippen molar-refractivity contribution in [3.63, 3.8) is 0 Å². The number of aliphatic hydroxyl groups excluding tert-OH is 1. The summed E-state index contributed by atoms with van der Waals surface area (Å²) in [6, 6.07) is 9.93. The van der Waals surface area contributed by atoms with E-state index in [1.165, 1.54) is 11.3 Å². The van der Waals surface area contributed by atoms with Gasteiger partial charge in [-0.1, -0.05) is 6.58 Å². The molecule has 0 fully saturated rings. The Morgan fingerprint density at radius 1 is 1.33 bits per heavy atom. The van der Waals surface area contributed by atoms with Crippen LogP contribution in [0.5, 0.6) is 0 Å². The van der Waals surface area contributed by atoms with Crippen molar-refractivity contribution in [3.05, 3.63) is 59.2 Å². The third-order valence-corrected chi connectivity index (χ3v) is 6.51. The summed E-state index contributed by atoms with van der Waals surface area (Å²) in [4.78, 5) is 22.4. The van der Waals surface area contributed by atoms with Crippen LogP contribution < -0.4 is 10.6 Å². The Kier molecular flexibility index (Phi) is 4.49. The van der Waals surface area contributed by atoms with Gasteiger partial charge in [0.2, 0.25) is 0 Å². The normalized spacial score (nSPS) is 16.1. The first-order valence-electron chi connectivity index (χ1n) is 9.72. The van der Waals surface area contributed by atoms with Crippen LogP contribution in [0.2, 0.25) is 0 Å². The van der Waals surface area contributed by atoms with Gasteiger partial charge in [-0.15, -0.1) is 11.3 Å². The molecule has 4 aromatic rings. The van der Waals surface area contributed by atoms with E-state index in [1.807, 2.05) is 37.3 Å². The highest BCUT2D eigenvalue weighted by molar-refractivity contribution is 7.21. The number of thiophene rings is 1. The van der Waals surface area contributed by atoms with Gasteiger partial charge in [0.15, 0.2) is 0 Å². The van der Waals surface area contributed by atoms with Crippen LogP contribution in [-0.2, 0) is 6.61 Å². The highest BCUT2D eigenvalue weighted by atomic mass is 32.1. The predicted octanol–water partition coefficient (Wildman–Crippen LogP) is 4.19. The molecule has 0 saturated carbocycles. The predicted molar refractivity (Wildman–Crippen MR) is 122 cm³/mol. The number of aromatic nitrogens is 2. The molecule has 3 N–H and O–H groups in total. The number of nitrogens with zero attached hydrogens (tertiary/aromatic N) is 2. The molecule has 1 aliphatic rings. The molecule has 30 heavy (non-hydrogen) atoms. The molecular formula is C23H20N4O2S. The SMILES string of the molecule is C=Cc1cc(-c2ccc3c(ccc4sc5c(c43)NC[C@@H](C)NC5=O)n2)c(CO)cn1. The maximum Gasteiger partial charge on any atom is 0.263 e. The fourth-order valence-corrected chi connectivity index (χ4v) is 4.95. The topological polar surface area (TPSA) is 87.1 Å². The molecule has 1 aliphatic heterocycles. The molecule has 1 aromatic carbocycles. The quantitative estimate of drug-likeness (QED) is 0.466. The minimum Gasteiger partial charge on any atom is -0.392 e. The third kappa shape index (κ3) is 2.94. The Morgan fingerprint density at radius 2 is 2.20 bits per heavy atom. The van der Waals surface area contributed by atoms with Crippen LogP contribution in [0.3, 0.4) is 0 Å². The summed E-state index contributed by atoms with van der Waals surface area (Å²) < 4.78 is 1.05. The number of hydrogen-bond acceptors (Lipinski definition) is 6. The zero-order chi connectivity index (χ0) is 20.8. The number of benzene rings is 1. The van der Waals surface area contributed by atoms with Crippen molar-refractivity contribution in [3.8, 4) is 11.3 Å². The van der Waals surface area contributed by atoms with Gasteiger partial charge in [-0.05, 0) is 43.3 Å². The first kappa shape index (κ1) is 18.7. The Hall–Kier alpha value is -3.29. The zero-order valence-electron chi connectivity index (χ0n) is 16.4. The van der Waals surface area contributed by atoms with Crippen LogP contribution >= 0.6 is 11.3 Å². The van der Waals surface area contributed by atoms with E-state index in [-0.39, 0.29) is 18.6 Å². The van der Waals surface area contributed by atoms with Crippen LogP contribution in [0.25, 0.3) is 38.3 Å². The molecule has 0 bridgehead atoms. The number of anilines is 1. The number of hydrogen-bond donors (Lipinski definition) is 3. The molecule has 0 aliphatic carbocycles. The molecule has 1 atom stereocenters. The first-order valence-corrected chi connectivity index (χ1v) is 10.5. The molecule has 4 heterocycles. The molecule has 0 saturated heterocycles. The number of pyridine rings is 2. The molecule has 0 unspecified atom stereocenters. The smallest absolute Gasteiger partial charge is 0.263 e. The third-order valence-electron chi connectivity index (χ3n) is 5.35. The zero-order valence-corrected chi connectivity index (χ0v) is 17.2. The van der Waals surface area contributed by atoms with Gasteiger partial charge in [0.1, 0.15) is 4.88 Å². The summed E-state index contributed by atoms with van der Waals surface area (Å²) in [5.74, 6) is -0.0391. The largest absolute Gasteiger partial charge is 0.392 e. The number of aliphatic hydroxyl groups is 1. The first-order chi connectivity index (χ1) is 14.6. The number of carbonyl (C=O) groups is 1. The lowest BCUT2D eigenvalue weighted by molar-refractivity contribution is 0.0949. The summed E-state index contributed by atoms with van der Waals surface area (Å²) in [6.45, 7) is 6.32. The van der Waals surface area contributed by atoms with E-state index in [0.717, 1.165) is 43.6 Å². The molecule has 150 valence electrons. The summed E-state index contributed by atoms with van der Waals surface area (Å²) >= 11 is 1.49. The van der Waals surface area contributed by atoms with Crippen molar-refractivity contribution in [2.75, 3.05) is 11.9 Å². The van der Waals surface area contributed by atoms with Crippen molar-refractivity contribution in [2.45, 2.75) is 19.6 Å². The van der Waals surface area contributed by atoms with Crippen molar-refractivity contribution >= 4 is 50.0 Å². The highest BCUT2D eigenvalue weighted by Crippen LogP contribution is 2.41. The summed E-state index contributed by atoms with van der Waals surface area (Å²) in [6.07, 6.45) is 3.33. The maximum absolute atomic E-state index is 12.6. The second-order valence-corrected chi connectivity index (χ2v) is 8.44. The molecule has 7 heteroatoms. The summed E-state index contributed by atoms with van der Waals surface area (Å²) in [5.41, 5.74) is 4.75. The van der Waals surface area contributed by atoms with E-state index < -0.39 is 0 Å². The number of nitrogens with one attached hydrogen (secondary N) is 2. The van der Waals surface area contributed by atoms with Crippen LogP contribution in [0, 0.1) is 0 Å². The van der Waals surface area contributed by atoms with Crippen LogP contribution in [-0.4, -0.2) is 33.6 Å². The number of carbonyl (C=O) groups excluding carboxylic acids is 1. The van der Waals surface area contributed by atoms with Gasteiger partial charge >= 0.3 is 0 Å². The molecule has 1 amide bonds. The second-order valence-electron chi connectivity index (χ2n) is 7.39. The lowest BCUT2D eigenvalue weighted by Crippen LogP contribution is -2.34. The van der Waals surface area contributed by atoms with E-state index in [2.05, 4.69) is 22.2 Å². The molecule has 0 radical (unpaired) electrons. The van der Waals surface area contributed by atoms with E-state index in [1.54, 1.807) is 12.3 Å². The Bertz CT molecular complexity index is 1330. The minimum absolute atomic E-state index is 0.0391. The highest BCUT2D eigenvalue weighted by Gasteiger charge is 2.24. The molecule has 0 spiro atoms. The lowest BCUT2D eigenvalue weighted by atomic mass is 10.0. The fourth-order valence-electron chi connectivity index (χ4n) is 3.85. The monoisotopic (exact) mass is 416 g/mol. The van der Waals surface area contributed by atoms with Gasteiger partial charge in [-0.25, -0.2) is 4.98 Å². The number of fused-ring (bicyclic) bond motifs is 5. The van der Waals surface area contributed by atoms with Gasteiger partial charge in [0.25, 0.3) is 5.91 Å². The van der Waals surface area contributed by atoms with Gasteiger partial charge in [-0.3, -0.25) is 9.78 Å². The van der Waals surface area contributed by atoms with Crippen molar-refractivity contribution in [1.82, 2.24) is 15.3 Å². The van der Waals surface area contributed by atoms with E-state index in [4.69, 9.17) is 4.98 Å². The number of amides is 1. The van der Waals surface area contributed by atoms with Gasteiger partial charge in [0.05, 0.1) is 29.2 Å². The van der Waals surface area contributed by atoms with Crippen LogP contribution in [0.4, 0.5) is 5.69 Å². The lowest BCUT2D eigenvalue weighted by Gasteiger charge is -2.11. The number of rotatable bonds is 3. The fraction of sp³-hybridized carbons (Fsp3) is 0.174. The Balaban J connectivity index is 1.72. The van der Waals surface area contributed by atoms with Gasteiger partial charge in [-0.2, -0.15) is 0 Å². The van der Waals surface area contributed by atoms with Crippen molar-refractivity contribution < 1.29 is 9.90 Å². The van der Waals surface area contributed by atoms with Crippen molar-refractivity contribution in [2.24, 2.45) is 0 Å². The van der Waals surface area contributed by atoms with Gasteiger partial charge < -0.3 is 15.7 Å². The van der Waals surface area contributed by atoms with Gasteiger partial charge in [0, 0.05) is 45.4 Å². The summed E-state index contributed by atoms with van der Waals surface area (Å²) in [5, 5.41) is 18.2. The van der Waals surface area contributed by atoms with E-state index >= 15 is 0 Å². The van der Waals surface area contributed by atoms with Crippen molar-refractivity contribution in [1.29, 1.82) is 0 Å². The second kappa shape index (κ2) is 7.19. The Morgan fingerprint density at radius 3 is 3.00 bits per heavy atom. The molecule has 3 aromatic heterocycles.